The second-order valence-corrected chi connectivity index (χ2v) is 5.59. The van der Waals surface area contributed by atoms with Crippen molar-refractivity contribution in [1.29, 1.82) is 0 Å². The maximum Gasteiger partial charge on any atom is 0.145 e. The van der Waals surface area contributed by atoms with E-state index in [9.17, 15) is 8.78 Å². The molecule has 2 atom stereocenters. The van der Waals surface area contributed by atoms with Crippen LogP contribution in [0, 0.1) is 11.6 Å². The van der Waals surface area contributed by atoms with Crippen LogP contribution in [0.1, 0.15) is 37.8 Å². The third-order valence-corrected chi connectivity index (χ3v) is 4.01. The highest BCUT2D eigenvalue weighted by Crippen LogP contribution is 2.31. The number of nitrogens with one attached hydrogen (secondary N) is 1. The van der Waals surface area contributed by atoms with Gasteiger partial charge in [-0.2, -0.15) is 0 Å². The molecule has 1 saturated heterocycles. The quantitative estimate of drug-likeness (QED) is 0.824. The van der Waals surface area contributed by atoms with E-state index in [1.807, 2.05) is 6.92 Å². The van der Waals surface area contributed by atoms with Crippen LogP contribution in [0.2, 0.25) is 0 Å². The Hall–Kier alpha value is -0.520. The van der Waals surface area contributed by atoms with Gasteiger partial charge in [-0.3, -0.25) is 0 Å². The zero-order valence-corrected chi connectivity index (χ0v) is 12.5. The van der Waals surface area contributed by atoms with E-state index in [-0.39, 0.29) is 17.7 Å². The Morgan fingerprint density at radius 2 is 2.26 bits per heavy atom. The van der Waals surface area contributed by atoms with Gasteiger partial charge in [-0.15, -0.1) is 0 Å². The Bertz CT molecular complexity index is 436. The van der Waals surface area contributed by atoms with Crippen LogP contribution < -0.4 is 5.32 Å². The minimum Gasteiger partial charge on any atom is -0.378 e. The predicted molar refractivity (Wildman–Crippen MR) is 74.1 cm³/mol. The van der Waals surface area contributed by atoms with E-state index >= 15 is 0 Å². The number of hydrogen-bond acceptors (Lipinski definition) is 2. The number of halogens is 3. The molecule has 0 radical (unpaired) electrons. The Kier molecular flexibility index (Phi) is 5.30. The summed E-state index contributed by atoms with van der Waals surface area (Å²) in [5, 5.41) is 3.15. The van der Waals surface area contributed by atoms with Gasteiger partial charge in [0.2, 0.25) is 0 Å². The number of ether oxygens (including phenoxy) is 1. The van der Waals surface area contributed by atoms with Gasteiger partial charge in [0, 0.05) is 18.2 Å². The summed E-state index contributed by atoms with van der Waals surface area (Å²) in [5.41, 5.74) is 0.103. The molecule has 1 aromatic carbocycles. The molecule has 1 aliphatic heterocycles. The van der Waals surface area contributed by atoms with Crippen molar-refractivity contribution in [3.63, 3.8) is 0 Å². The van der Waals surface area contributed by atoms with Crippen LogP contribution in [0.4, 0.5) is 8.78 Å². The minimum absolute atomic E-state index is 0.0850. The molecule has 1 aliphatic rings. The lowest BCUT2D eigenvalue weighted by Crippen LogP contribution is -2.27. The van der Waals surface area contributed by atoms with Crippen molar-refractivity contribution < 1.29 is 13.5 Å². The smallest absolute Gasteiger partial charge is 0.145 e. The fourth-order valence-electron chi connectivity index (χ4n) is 2.50. The van der Waals surface area contributed by atoms with Crippen LogP contribution in [0.25, 0.3) is 0 Å². The molecule has 1 fully saturated rings. The summed E-state index contributed by atoms with van der Waals surface area (Å²) >= 11 is 3.11. The molecule has 0 aromatic heterocycles. The Labute approximate surface area is 120 Å². The molecule has 0 saturated carbocycles. The monoisotopic (exact) mass is 333 g/mol. The SMILES string of the molecule is CCNC(CC1CCCO1)c1c(F)ccc(Br)c1F. The molecule has 2 unspecified atom stereocenters. The molecule has 0 amide bonds. The van der Waals surface area contributed by atoms with Crippen molar-refractivity contribution in [2.24, 2.45) is 0 Å². The van der Waals surface area contributed by atoms with Gasteiger partial charge in [0.05, 0.1) is 10.6 Å². The molecular weight excluding hydrogens is 316 g/mol. The van der Waals surface area contributed by atoms with Crippen LogP contribution in [0.3, 0.4) is 0 Å². The average Bonchev–Trinajstić information content (AvgIpc) is 2.87. The van der Waals surface area contributed by atoms with Crippen molar-refractivity contribution in [3.8, 4) is 0 Å². The van der Waals surface area contributed by atoms with Gasteiger partial charge < -0.3 is 10.1 Å². The van der Waals surface area contributed by atoms with E-state index in [1.54, 1.807) is 0 Å². The minimum atomic E-state index is -0.524. The molecule has 1 N–H and O–H groups in total. The lowest BCUT2D eigenvalue weighted by molar-refractivity contribution is 0.0939. The summed E-state index contributed by atoms with van der Waals surface area (Å²) < 4.78 is 33.9. The molecule has 1 aromatic rings. The van der Waals surface area contributed by atoms with Crippen molar-refractivity contribution in [1.82, 2.24) is 5.32 Å². The predicted octanol–water partition coefficient (Wildman–Crippen LogP) is 3.95. The molecule has 19 heavy (non-hydrogen) atoms. The van der Waals surface area contributed by atoms with Gasteiger partial charge in [-0.25, -0.2) is 8.78 Å². The first-order valence-corrected chi connectivity index (χ1v) is 7.41. The highest BCUT2D eigenvalue weighted by Gasteiger charge is 2.26. The number of benzene rings is 1. The van der Waals surface area contributed by atoms with Gasteiger partial charge in [-0.05, 0) is 53.9 Å². The van der Waals surface area contributed by atoms with E-state index in [1.165, 1.54) is 12.1 Å². The zero-order chi connectivity index (χ0) is 13.8. The fraction of sp³-hybridized carbons (Fsp3) is 0.571. The lowest BCUT2D eigenvalue weighted by atomic mass is 9.98. The molecule has 1 heterocycles. The summed E-state index contributed by atoms with van der Waals surface area (Å²) in [6, 6.07) is 2.33. The standard InChI is InChI=1S/C14H18BrF2NO/c1-2-18-12(8-9-4-3-7-19-9)13-11(16)6-5-10(15)14(13)17/h5-6,9,12,18H,2-4,7-8H2,1H3. The van der Waals surface area contributed by atoms with Gasteiger partial charge in [0.1, 0.15) is 11.6 Å². The number of rotatable bonds is 5. The molecule has 2 rings (SSSR count). The maximum absolute atomic E-state index is 14.1. The first-order valence-electron chi connectivity index (χ1n) is 6.61. The summed E-state index contributed by atoms with van der Waals surface area (Å²) in [6.07, 6.45) is 2.66. The Morgan fingerprint density at radius 3 is 2.89 bits per heavy atom. The van der Waals surface area contributed by atoms with Crippen LogP contribution in [0.5, 0.6) is 0 Å². The Morgan fingerprint density at radius 1 is 1.47 bits per heavy atom. The third kappa shape index (κ3) is 3.52. The molecule has 5 heteroatoms. The first kappa shape index (κ1) is 14.9. The van der Waals surface area contributed by atoms with Crippen molar-refractivity contribution >= 4 is 15.9 Å². The van der Waals surface area contributed by atoms with E-state index < -0.39 is 11.6 Å². The molecule has 106 valence electrons. The topological polar surface area (TPSA) is 21.3 Å². The van der Waals surface area contributed by atoms with Gasteiger partial charge in [0.25, 0.3) is 0 Å². The van der Waals surface area contributed by atoms with Crippen LogP contribution in [0.15, 0.2) is 16.6 Å². The largest absolute Gasteiger partial charge is 0.378 e. The molecule has 0 spiro atoms. The van der Waals surface area contributed by atoms with Crippen LogP contribution >= 0.6 is 15.9 Å². The van der Waals surface area contributed by atoms with E-state index in [2.05, 4.69) is 21.2 Å². The lowest BCUT2D eigenvalue weighted by Gasteiger charge is -2.23. The van der Waals surface area contributed by atoms with Gasteiger partial charge >= 0.3 is 0 Å². The first-order chi connectivity index (χ1) is 9.13. The van der Waals surface area contributed by atoms with Crippen LogP contribution in [-0.4, -0.2) is 19.3 Å². The molecule has 2 nitrogen and oxygen atoms in total. The van der Waals surface area contributed by atoms with E-state index in [0.29, 0.717) is 17.4 Å². The molecular formula is C14H18BrF2NO. The second-order valence-electron chi connectivity index (χ2n) is 4.74. The van der Waals surface area contributed by atoms with Gasteiger partial charge in [0.15, 0.2) is 0 Å². The van der Waals surface area contributed by atoms with E-state index in [0.717, 1.165) is 19.4 Å². The van der Waals surface area contributed by atoms with Gasteiger partial charge in [-0.1, -0.05) is 6.92 Å². The zero-order valence-electron chi connectivity index (χ0n) is 10.9. The van der Waals surface area contributed by atoms with Crippen molar-refractivity contribution in [2.45, 2.75) is 38.3 Å². The summed E-state index contributed by atoms with van der Waals surface area (Å²) in [7, 11) is 0. The highest BCUT2D eigenvalue weighted by molar-refractivity contribution is 9.10. The Balaban J connectivity index is 2.24. The summed E-state index contributed by atoms with van der Waals surface area (Å²) in [5.74, 6) is -1.03. The van der Waals surface area contributed by atoms with Crippen molar-refractivity contribution in [3.05, 3.63) is 33.8 Å². The summed E-state index contributed by atoms with van der Waals surface area (Å²) in [4.78, 5) is 0. The second kappa shape index (κ2) is 6.77. The van der Waals surface area contributed by atoms with Crippen LogP contribution in [-0.2, 0) is 4.74 Å². The van der Waals surface area contributed by atoms with E-state index in [4.69, 9.17) is 4.74 Å². The average molecular weight is 334 g/mol. The fourth-order valence-corrected chi connectivity index (χ4v) is 2.85. The maximum atomic E-state index is 14.1. The summed E-state index contributed by atoms with van der Waals surface area (Å²) in [6.45, 7) is 3.33. The van der Waals surface area contributed by atoms with Crippen molar-refractivity contribution in [2.75, 3.05) is 13.2 Å². The molecule has 0 aliphatic carbocycles. The third-order valence-electron chi connectivity index (χ3n) is 3.40. The number of hydrogen-bond donors (Lipinski definition) is 1. The highest BCUT2D eigenvalue weighted by atomic mass is 79.9. The normalized spacial score (nSPS) is 20.7. The molecule has 0 bridgehead atoms.